The van der Waals surface area contributed by atoms with Gasteiger partial charge in [-0.1, -0.05) is 54.6 Å². The van der Waals surface area contributed by atoms with E-state index in [4.69, 9.17) is 4.74 Å². The lowest BCUT2D eigenvalue weighted by molar-refractivity contribution is -0.135. The van der Waals surface area contributed by atoms with Crippen LogP contribution in [0.5, 0.6) is 0 Å². The van der Waals surface area contributed by atoms with Crippen molar-refractivity contribution in [2.45, 2.75) is 31.5 Å². The van der Waals surface area contributed by atoms with Crippen LogP contribution in [0.15, 0.2) is 78.9 Å². The standard InChI is InChI=1S/C28H26FN3O4/c29-23-11-5-4-10-22(23)26(33)30-21-14-12-20(13-15-21)25-24(27(34)31-16-6-7-17-31)32(28(35)36-25)18-19-8-2-1-3-9-19/h1-5,8-15,24-25H,6-7,16-18H2,(H,30,33). The lowest BCUT2D eigenvalue weighted by Gasteiger charge is -2.28. The molecule has 3 aromatic carbocycles. The van der Waals surface area contributed by atoms with Crippen LogP contribution in [-0.4, -0.2) is 46.8 Å². The van der Waals surface area contributed by atoms with E-state index in [1.165, 1.54) is 23.1 Å². The van der Waals surface area contributed by atoms with Crippen LogP contribution >= 0.6 is 0 Å². The number of rotatable bonds is 6. The topological polar surface area (TPSA) is 79.0 Å². The number of hydrogen-bond acceptors (Lipinski definition) is 4. The summed E-state index contributed by atoms with van der Waals surface area (Å²) in [4.78, 5) is 42.2. The summed E-state index contributed by atoms with van der Waals surface area (Å²) in [5, 5.41) is 2.67. The third-order valence-corrected chi connectivity index (χ3v) is 6.57. The Bertz CT molecular complexity index is 1260. The van der Waals surface area contributed by atoms with E-state index in [-0.39, 0.29) is 18.0 Å². The van der Waals surface area contributed by atoms with E-state index in [9.17, 15) is 18.8 Å². The minimum atomic E-state index is -0.797. The van der Waals surface area contributed by atoms with E-state index in [0.29, 0.717) is 24.3 Å². The van der Waals surface area contributed by atoms with Gasteiger partial charge in [-0.25, -0.2) is 9.18 Å². The van der Waals surface area contributed by atoms with Gasteiger partial charge in [0.2, 0.25) is 5.91 Å². The molecule has 36 heavy (non-hydrogen) atoms. The highest BCUT2D eigenvalue weighted by atomic mass is 19.1. The first-order chi connectivity index (χ1) is 17.5. The number of nitrogens with zero attached hydrogens (tertiary/aromatic N) is 2. The van der Waals surface area contributed by atoms with Gasteiger partial charge < -0.3 is 15.0 Å². The van der Waals surface area contributed by atoms with Gasteiger partial charge in [0.25, 0.3) is 5.91 Å². The normalized spacial score (nSPS) is 19.3. The SMILES string of the molecule is O=C(Nc1ccc(C2OC(=O)N(Cc3ccccc3)C2C(=O)N2CCCC2)cc1)c1ccccc1F. The maximum atomic E-state index is 13.9. The monoisotopic (exact) mass is 487 g/mol. The summed E-state index contributed by atoms with van der Waals surface area (Å²) in [6.45, 7) is 1.59. The first kappa shape index (κ1) is 23.5. The van der Waals surface area contributed by atoms with E-state index < -0.39 is 30.0 Å². The van der Waals surface area contributed by atoms with Crippen molar-refractivity contribution in [3.05, 3.63) is 101 Å². The van der Waals surface area contributed by atoms with Gasteiger partial charge in [-0.3, -0.25) is 14.5 Å². The quantitative estimate of drug-likeness (QED) is 0.544. The van der Waals surface area contributed by atoms with Crippen LogP contribution in [0.2, 0.25) is 0 Å². The molecule has 0 aliphatic carbocycles. The molecule has 2 atom stereocenters. The number of cyclic esters (lactones) is 1. The molecule has 3 amide bonds. The van der Waals surface area contributed by atoms with Crippen LogP contribution in [0.4, 0.5) is 14.9 Å². The van der Waals surface area contributed by atoms with Gasteiger partial charge in [0, 0.05) is 18.8 Å². The molecule has 2 fully saturated rings. The molecule has 0 saturated carbocycles. The average molecular weight is 488 g/mol. The van der Waals surface area contributed by atoms with Crippen molar-refractivity contribution in [1.29, 1.82) is 0 Å². The Balaban J connectivity index is 1.38. The van der Waals surface area contributed by atoms with Gasteiger partial charge in [0.15, 0.2) is 12.1 Å². The number of amides is 3. The molecular weight excluding hydrogens is 461 g/mol. The van der Waals surface area contributed by atoms with Gasteiger partial charge in [-0.05, 0) is 48.2 Å². The molecule has 2 saturated heterocycles. The number of likely N-dealkylation sites (tertiary alicyclic amines) is 1. The molecule has 0 aromatic heterocycles. The number of benzene rings is 3. The molecule has 0 spiro atoms. The van der Waals surface area contributed by atoms with E-state index >= 15 is 0 Å². The van der Waals surface area contributed by atoms with Gasteiger partial charge >= 0.3 is 6.09 Å². The molecule has 5 rings (SSSR count). The number of carbonyl (C=O) groups excluding carboxylic acids is 3. The van der Waals surface area contributed by atoms with Crippen molar-refractivity contribution < 1.29 is 23.5 Å². The summed E-state index contributed by atoms with van der Waals surface area (Å²) in [5.41, 5.74) is 1.94. The van der Waals surface area contributed by atoms with Crippen molar-refractivity contribution in [3.8, 4) is 0 Å². The van der Waals surface area contributed by atoms with Crippen molar-refractivity contribution >= 4 is 23.6 Å². The zero-order valence-corrected chi connectivity index (χ0v) is 19.6. The fraction of sp³-hybridized carbons (Fsp3) is 0.250. The molecule has 0 bridgehead atoms. The van der Waals surface area contributed by atoms with Crippen LogP contribution in [0.3, 0.4) is 0 Å². The highest BCUT2D eigenvalue weighted by molar-refractivity contribution is 6.04. The Morgan fingerprint density at radius 3 is 2.28 bits per heavy atom. The predicted octanol–water partition coefficient (Wildman–Crippen LogP) is 4.76. The third-order valence-electron chi connectivity index (χ3n) is 6.57. The first-order valence-corrected chi connectivity index (χ1v) is 12.0. The summed E-state index contributed by atoms with van der Waals surface area (Å²) in [7, 11) is 0. The van der Waals surface area contributed by atoms with Crippen LogP contribution < -0.4 is 5.32 Å². The summed E-state index contributed by atoms with van der Waals surface area (Å²) >= 11 is 0. The summed E-state index contributed by atoms with van der Waals surface area (Å²) in [5.74, 6) is -1.30. The molecule has 0 radical (unpaired) electrons. The summed E-state index contributed by atoms with van der Waals surface area (Å²) < 4.78 is 19.7. The van der Waals surface area contributed by atoms with Crippen molar-refractivity contribution in [3.63, 3.8) is 0 Å². The average Bonchev–Trinajstić information content (AvgIpc) is 3.54. The summed E-state index contributed by atoms with van der Waals surface area (Å²) in [6, 6.07) is 21.2. The zero-order valence-electron chi connectivity index (χ0n) is 19.6. The highest BCUT2D eigenvalue weighted by Crippen LogP contribution is 2.36. The smallest absolute Gasteiger partial charge is 0.411 e. The maximum Gasteiger partial charge on any atom is 0.411 e. The first-order valence-electron chi connectivity index (χ1n) is 12.0. The Hall–Kier alpha value is -4.20. The molecule has 8 heteroatoms. The molecular formula is C28H26FN3O4. The number of halogens is 1. The van der Waals surface area contributed by atoms with Crippen molar-refractivity contribution in [2.75, 3.05) is 18.4 Å². The zero-order chi connectivity index (χ0) is 25.1. The largest absolute Gasteiger partial charge is 0.438 e. The van der Waals surface area contributed by atoms with E-state index in [0.717, 1.165) is 18.4 Å². The Morgan fingerprint density at radius 2 is 1.58 bits per heavy atom. The van der Waals surface area contributed by atoms with Gasteiger partial charge in [-0.15, -0.1) is 0 Å². The second kappa shape index (κ2) is 10.2. The lowest BCUT2D eigenvalue weighted by atomic mass is 10.00. The number of anilines is 1. The lowest BCUT2D eigenvalue weighted by Crippen LogP contribution is -2.47. The molecule has 7 nitrogen and oxygen atoms in total. The van der Waals surface area contributed by atoms with Gasteiger partial charge in [0.1, 0.15) is 5.82 Å². The van der Waals surface area contributed by atoms with Crippen LogP contribution in [0.1, 0.15) is 40.4 Å². The maximum absolute atomic E-state index is 13.9. The molecule has 2 aliphatic rings. The third kappa shape index (κ3) is 4.79. The Labute approximate surface area is 208 Å². The second-order valence-electron chi connectivity index (χ2n) is 8.95. The number of hydrogen-bond donors (Lipinski definition) is 1. The van der Waals surface area contributed by atoms with E-state index in [2.05, 4.69) is 5.32 Å². The molecule has 3 aromatic rings. The molecule has 2 heterocycles. The fourth-order valence-electron chi connectivity index (χ4n) is 4.70. The highest BCUT2D eigenvalue weighted by Gasteiger charge is 2.48. The van der Waals surface area contributed by atoms with Crippen LogP contribution in [-0.2, 0) is 16.1 Å². The Kier molecular flexibility index (Phi) is 6.66. The van der Waals surface area contributed by atoms with Crippen molar-refractivity contribution in [2.24, 2.45) is 0 Å². The van der Waals surface area contributed by atoms with Gasteiger partial charge in [0.05, 0.1) is 12.1 Å². The molecule has 184 valence electrons. The van der Waals surface area contributed by atoms with Crippen LogP contribution in [0, 0.1) is 5.82 Å². The predicted molar refractivity (Wildman–Crippen MR) is 132 cm³/mol. The molecule has 2 aliphatic heterocycles. The summed E-state index contributed by atoms with van der Waals surface area (Å²) in [6.07, 6.45) is 0.545. The molecule has 1 N–H and O–H groups in total. The number of nitrogens with one attached hydrogen (secondary N) is 1. The van der Waals surface area contributed by atoms with E-state index in [1.54, 1.807) is 35.2 Å². The second-order valence-corrected chi connectivity index (χ2v) is 8.95. The Morgan fingerprint density at radius 1 is 0.917 bits per heavy atom. The molecule has 2 unspecified atom stereocenters. The minimum absolute atomic E-state index is 0.0564. The van der Waals surface area contributed by atoms with Crippen molar-refractivity contribution in [1.82, 2.24) is 9.80 Å². The number of carbonyl (C=O) groups is 3. The van der Waals surface area contributed by atoms with Crippen LogP contribution in [0.25, 0.3) is 0 Å². The number of ether oxygens (including phenoxy) is 1. The van der Waals surface area contributed by atoms with Gasteiger partial charge in [-0.2, -0.15) is 0 Å². The fourth-order valence-corrected chi connectivity index (χ4v) is 4.70. The van der Waals surface area contributed by atoms with E-state index in [1.807, 2.05) is 30.3 Å². The minimum Gasteiger partial charge on any atom is -0.438 e.